The summed E-state index contributed by atoms with van der Waals surface area (Å²) in [6.45, 7) is 6.88. The van der Waals surface area contributed by atoms with Gasteiger partial charge in [-0.25, -0.2) is 0 Å². The van der Waals surface area contributed by atoms with Gasteiger partial charge in [0.15, 0.2) is 17.4 Å². The molecule has 1 nitrogen and oxygen atoms in total. The zero-order chi connectivity index (χ0) is 11.6. The fourth-order valence-corrected chi connectivity index (χ4v) is 1.93. The molecule has 0 saturated carbocycles. The Labute approximate surface area is 137 Å². The molecular formula is C15H29AlLiN. The van der Waals surface area contributed by atoms with Crippen molar-refractivity contribution in [3.05, 3.63) is 35.9 Å². The van der Waals surface area contributed by atoms with Crippen molar-refractivity contribution in [2.45, 2.75) is 39.5 Å². The largest absolute Gasteiger partial charge is 1.00 e. The predicted molar refractivity (Wildman–Crippen MR) is 82.8 cm³/mol. The van der Waals surface area contributed by atoms with Crippen LogP contribution in [0.4, 0.5) is 0 Å². The zero-order valence-electron chi connectivity index (χ0n) is 12.7. The predicted octanol–water partition coefficient (Wildman–Crippen LogP) is -0.422. The minimum Gasteiger partial charge on any atom is -1.00 e. The van der Waals surface area contributed by atoms with E-state index in [1.165, 1.54) is 37.8 Å². The Morgan fingerprint density at radius 3 is 2.50 bits per heavy atom. The standard InChI is InChI=1S/C15H25N.Al.Li.4H/c1-3-12-16-13-14(2)8-7-11-15-9-5-4-6-10-15;;;;;;/h4-6,9-10,14,16H,3,7-8,11-13H2,1-2H3;;;;;;/q;;+1;;;;-1/t14-;;;;;;/m1....../s1. The van der Waals surface area contributed by atoms with Gasteiger partial charge in [0.1, 0.15) is 0 Å². The summed E-state index contributed by atoms with van der Waals surface area (Å²) in [6, 6.07) is 10.8. The molecule has 0 spiro atoms. The molecule has 0 aliphatic carbocycles. The van der Waals surface area contributed by atoms with Crippen molar-refractivity contribution in [2.24, 2.45) is 5.92 Å². The third kappa shape index (κ3) is 10.3. The van der Waals surface area contributed by atoms with Crippen LogP contribution in [0.1, 0.15) is 40.1 Å². The van der Waals surface area contributed by atoms with Crippen molar-refractivity contribution in [2.75, 3.05) is 13.1 Å². The summed E-state index contributed by atoms with van der Waals surface area (Å²) in [5.74, 6) is 0.801. The Hall–Kier alpha value is 0.310. The summed E-state index contributed by atoms with van der Waals surface area (Å²) in [5.41, 5.74) is 1.47. The third-order valence-corrected chi connectivity index (χ3v) is 2.92. The fraction of sp³-hybridized carbons (Fsp3) is 0.600. The molecule has 0 bridgehead atoms. The molecule has 1 rings (SSSR count). The number of benzene rings is 1. The van der Waals surface area contributed by atoms with Gasteiger partial charge < -0.3 is 6.74 Å². The maximum Gasteiger partial charge on any atom is 1.00 e. The fourth-order valence-electron chi connectivity index (χ4n) is 1.93. The van der Waals surface area contributed by atoms with Crippen LogP contribution >= 0.6 is 0 Å². The average molecular weight is 257 g/mol. The van der Waals surface area contributed by atoms with Crippen molar-refractivity contribution in [1.29, 1.82) is 0 Å². The van der Waals surface area contributed by atoms with Crippen LogP contribution in [0.25, 0.3) is 0 Å². The molecule has 3 heteroatoms. The Balaban J connectivity index is -0.000000853. The summed E-state index contributed by atoms with van der Waals surface area (Å²) in [5, 5.41) is 3.48. The van der Waals surface area contributed by atoms with Crippen molar-refractivity contribution >= 4 is 17.4 Å². The van der Waals surface area contributed by atoms with E-state index in [0.29, 0.717) is 0 Å². The first-order chi connectivity index (χ1) is 7.83. The van der Waals surface area contributed by atoms with E-state index in [0.717, 1.165) is 12.5 Å². The quantitative estimate of drug-likeness (QED) is 0.493. The smallest absolute Gasteiger partial charge is 1.00 e. The minimum absolute atomic E-state index is 0. The van der Waals surface area contributed by atoms with Crippen molar-refractivity contribution in [1.82, 2.24) is 5.32 Å². The Morgan fingerprint density at radius 2 is 1.89 bits per heavy atom. The van der Waals surface area contributed by atoms with Crippen LogP contribution in [0.3, 0.4) is 0 Å². The molecule has 0 radical (unpaired) electrons. The van der Waals surface area contributed by atoms with Crippen LogP contribution in [0.15, 0.2) is 30.3 Å². The van der Waals surface area contributed by atoms with Gasteiger partial charge in [0.05, 0.1) is 0 Å². The second-order valence-electron chi connectivity index (χ2n) is 4.69. The van der Waals surface area contributed by atoms with Gasteiger partial charge in [0.2, 0.25) is 0 Å². The molecule has 1 atom stereocenters. The Bertz CT molecular complexity index is 272. The van der Waals surface area contributed by atoms with E-state index in [2.05, 4.69) is 49.5 Å². The van der Waals surface area contributed by atoms with Crippen LogP contribution in [0, 0.1) is 5.92 Å². The van der Waals surface area contributed by atoms with Gasteiger partial charge in [-0.05, 0) is 50.3 Å². The van der Waals surface area contributed by atoms with Crippen molar-refractivity contribution < 1.29 is 20.3 Å². The van der Waals surface area contributed by atoms with Crippen molar-refractivity contribution in [3.63, 3.8) is 0 Å². The van der Waals surface area contributed by atoms with Gasteiger partial charge in [-0.15, -0.1) is 0 Å². The molecule has 1 aromatic rings. The third-order valence-electron chi connectivity index (χ3n) is 2.92. The SMILES string of the molecule is CCCNC[C@H](C)CCCc1ccccc1.[AlH3].[H-].[Li+]. The Kier molecular flexibility index (Phi) is 15.7. The zero-order valence-corrected chi connectivity index (χ0v) is 11.7. The molecule has 0 unspecified atom stereocenters. The summed E-state index contributed by atoms with van der Waals surface area (Å²) < 4.78 is 0. The maximum absolute atomic E-state index is 3.48. The summed E-state index contributed by atoms with van der Waals surface area (Å²) in [6.07, 6.45) is 5.08. The first-order valence-electron chi connectivity index (χ1n) is 6.57. The van der Waals surface area contributed by atoms with Crippen LogP contribution < -0.4 is 24.2 Å². The second-order valence-corrected chi connectivity index (χ2v) is 4.69. The van der Waals surface area contributed by atoms with Gasteiger partial charge >= 0.3 is 18.9 Å². The van der Waals surface area contributed by atoms with Gasteiger partial charge in [0, 0.05) is 0 Å². The summed E-state index contributed by atoms with van der Waals surface area (Å²) >= 11 is 0. The number of nitrogens with one attached hydrogen (secondary N) is 1. The van der Waals surface area contributed by atoms with E-state index in [9.17, 15) is 0 Å². The van der Waals surface area contributed by atoms with Crippen LogP contribution in [-0.2, 0) is 6.42 Å². The topological polar surface area (TPSA) is 12.0 Å². The van der Waals surface area contributed by atoms with Crippen LogP contribution in [0.2, 0.25) is 0 Å². The normalized spacial score (nSPS) is 11.2. The molecule has 0 fully saturated rings. The average Bonchev–Trinajstić information content (AvgIpc) is 2.31. The monoisotopic (exact) mass is 257 g/mol. The molecule has 0 aliphatic heterocycles. The van der Waals surface area contributed by atoms with E-state index in [-0.39, 0.29) is 37.6 Å². The molecule has 0 aliphatic rings. The number of aryl methyl sites for hydroxylation is 1. The van der Waals surface area contributed by atoms with Gasteiger partial charge in [-0.2, -0.15) is 0 Å². The molecule has 0 saturated heterocycles. The van der Waals surface area contributed by atoms with Gasteiger partial charge in [0.25, 0.3) is 0 Å². The molecule has 0 aromatic heterocycles. The first kappa shape index (κ1) is 20.6. The van der Waals surface area contributed by atoms with E-state index in [4.69, 9.17) is 0 Å². The Morgan fingerprint density at radius 1 is 1.22 bits per heavy atom. The molecule has 1 N–H and O–H groups in total. The minimum atomic E-state index is 0. The van der Waals surface area contributed by atoms with Gasteiger partial charge in [-0.1, -0.05) is 44.2 Å². The maximum atomic E-state index is 3.48. The second kappa shape index (κ2) is 13.7. The first-order valence-corrected chi connectivity index (χ1v) is 6.57. The summed E-state index contributed by atoms with van der Waals surface area (Å²) in [4.78, 5) is 0. The number of rotatable bonds is 8. The molecular weight excluding hydrogens is 228 g/mol. The van der Waals surface area contributed by atoms with E-state index in [1.807, 2.05) is 0 Å². The van der Waals surface area contributed by atoms with Gasteiger partial charge in [-0.3, -0.25) is 0 Å². The molecule has 0 amide bonds. The van der Waals surface area contributed by atoms with E-state index < -0.39 is 0 Å². The van der Waals surface area contributed by atoms with E-state index >= 15 is 0 Å². The van der Waals surface area contributed by atoms with Crippen LogP contribution in [0.5, 0.6) is 0 Å². The van der Waals surface area contributed by atoms with Crippen LogP contribution in [-0.4, -0.2) is 30.5 Å². The molecule has 98 valence electrons. The summed E-state index contributed by atoms with van der Waals surface area (Å²) in [7, 11) is 0. The molecule has 18 heavy (non-hydrogen) atoms. The number of hydrogen-bond acceptors (Lipinski definition) is 1. The van der Waals surface area contributed by atoms with Crippen molar-refractivity contribution in [3.8, 4) is 0 Å². The molecule has 1 aromatic carbocycles. The molecule has 0 heterocycles. The number of hydrogen-bond donors (Lipinski definition) is 1. The van der Waals surface area contributed by atoms with E-state index in [1.54, 1.807) is 0 Å².